The molecule has 0 aliphatic carbocycles. The molecule has 1 rings (SSSR count). The second-order valence-corrected chi connectivity index (χ2v) is 4.59. The van der Waals surface area contributed by atoms with E-state index in [1.807, 2.05) is 7.05 Å². The summed E-state index contributed by atoms with van der Waals surface area (Å²) < 4.78 is 13.1. The number of thiocarbonyl (C=S) groups is 1. The average molecular weight is 254 g/mol. The number of anilines is 1. The molecular formula is C13H19FN2S. The summed E-state index contributed by atoms with van der Waals surface area (Å²) >= 11 is 4.95. The standard InChI is InChI=1S/C13H19FN2S/c1-3-4-5-8-16(2)12-7-6-10(14)9-11(12)13(15)17/h6-7,9H,3-5,8H2,1-2H3,(H2,15,17). The number of rotatable bonds is 6. The first kappa shape index (κ1) is 13.9. The van der Waals surface area contributed by atoms with E-state index in [4.69, 9.17) is 18.0 Å². The van der Waals surface area contributed by atoms with Crippen LogP contribution < -0.4 is 10.6 Å². The van der Waals surface area contributed by atoms with E-state index in [0.717, 1.165) is 18.7 Å². The zero-order valence-electron chi connectivity index (χ0n) is 10.4. The maximum Gasteiger partial charge on any atom is 0.124 e. The van der Waals surface area contributed by atoms with E-state index in [1.54, 1.807) is 6.07 Å². The second-order valence-electron chi connectivity index (χ2n) is 4.15. The molecule has 0 aromatic heterocycles. The van der Waals surface area contributed by atoms with Crippen LogP contribution in [0.5, 0.6) is 0 Å². The van der Waals surface area contributed by atoms with Crippen molar-refractivity contribution in [1.29, 1.82) is 0 Å². The molecule has 94 valence electrons. The van der Waals surface area contributed by atoms with Crippen molar-refractivity contribution in [3.63, 3.8) is 0 Å². The maximum atomic E-state index is 13.1. The van der Waals surface area contributed by atoms with Crippen LogP contribution in [0.25, 0.3) is 0 Å². The summed E-state index contributed by atoms with van der Waals surface area (Å²) in [7, 11) is 1.98. The van der Waals surface area contributed by atoms with Crippen LogP contribution in [-0.2, 0) is 0 Å². The molecule has 17 heavy (non-hydrogen) atoms. The van der Waals surface area contributed by atoms with Crippen LogP contribution in [0.1, 0.15) is 31.7 Å². The number of nitrogens with zero attached hydrogens (tertiary/aromatic N) is 1. The van der Waals surface area contributed by atoms with Crippen molar-refractivity contribution in [3.05, 3.63) is 29.6 Å². The quantitative estimate of drug-likeness (QED) is 0.625. The fourth-order valence-electron chi connectivity index (χ4n) is 1.76. The third kappa shape index (κ3) is 3.97. The molecule has 0 atom stereocenters. The minimum absolute atomic E-state index is 0.238. The summed E-state index contributed by atoms with van der Waals surface area (Å²) in [6.07, 6.45) is 3.48. The summed E-state index contributed by atoms with van der Waals surface area (Å²) in [6, 6.07) is 4.57. The molecule has 4 heteroatoms. The number of hydrogen-bond acceptors (Lipinski definition) is 2. The highest BCUT2D eigenvalue weighted by atomic mass is 32.1. The lowest BCUT2D eigenvalue weighted by Gasteiger charge is -2.22. The fraction of sp³-hybridized carbons (Fsp3) is 0.462. The summed E-state index contributed by atoms with van der Waals surface area (Å²) in [6.45, 7) is 3.09. The Morgan fingerprint density at radius 3 is 2.71 bits per heavy atom. The molecule has 0 bridgehead atoms. The van der Waals surface area contributed by atoms with E-state index in [2.05, 4.69) is 11.8 Å². The molecule has 0 unspecified atom stereocenters. The van der Waals surface area contributed by atoms with Gasteiger partial charge in [0.25, 0.3) is 0 Å². The smallest absolute Gasteiger partial charge is 0.124 e. The van der Waals surface area contributed by atoms with Gasteiger partial charge in [0.05, 0.1) is 0 Å². The molecule has 0 aliphatic heterocycles. The zero-order chi connectivity index (χ0) is 12.8. The highest BCUT2D eigenvalue weighted by Gasteiger charge is 2.10. The van der Waals surface area contributed by atoms with E-state index >= 15 is 0 Å². The molecule has 0 amide bonds. The van der Waals surface area contributed by atoms with Gasteiger partial charge in [0.2, 0.25) is 0 Å². The first-order chi connectivity index (χ1) is 8.06. The van der Waals surface area contributed by atoms with Gasteiger partial charge in [0.1, 0.15) is 10.8 Å². The Hall–Kier alpha value is -1.16. The van der Waals surface area contributed by atoms with Gasteiger partial charge < -0.3 is 10.6 Å². The van der Waals surface area contributed by atoms with Crippen molar-refractivity contribution in [2.24, 2.45) is 5.73 Å². The second kappa shape index (κ2) is 6.55. The van der Waals surface area contributed by atoms with E-state index < -0.39 is 0 Å². The van der Waals surface area contributed by atoms with Crippen molar-refractivity contribution >= 4 is 22.9 Å². The largest absolute Gasteiger partial charge is 0.389 e. The van der Waals surface area contributed by atoms with Crippen LogP contribution in [0.4, 0.5) is 10.1 Å². The van der Waals surface area contributed by atoms with Gasteiger partial charge in [-0.05, 0) is 24.6 Å². The third-order valence-corrected chi connectivity index (χ3v) is 2.95. The molecule has 1 aromatic rings. The molecule has 2 N–H and O–H groups in total. The van der Waals surface area contributed by atoms with Crippen molar-refractivity contribution < 1.29 is 4.39 Å². The lowest BCUT2D eigenvalue weighted by atomic mass is 10.1. The number of halogens is 1. The molecule has 2 nitrogen and oxygen atoms in total. The monoisotopic (exact) mass is 254 g/mol. The van der Waals surface area contributed by atoms with Gasteiger partial charge in [-0.3, -0.25) is 0 Å². The number of benzene rings is 1. The zero-order valence-corrected chi connectivity index (χ0v) is 11.2. The molecule has 0 aliphatic rings. The third-order valence-electron chi connectivity index (χ3n) is 2.73. The van der Waals surface area contributed by atoms with Gasteiger partial charge in [-0.15, -0.1) is 0 Å². The summed E-state index contributed by atoms with van der Waals surface area (Å²) in [5.41, 5.74) is 7.12. The molecule has 0 spiro atoms. The molecule has 0 saturated heterocycles. The minimum atomic E-state index is -0.307. The maximum absolute atomic E-state index is 13.1. The van der Waals surface area contributed by atoms with Crippen LogP contribution in [0.15, 0.2) is 18.2 Å². The first-order valence-electron chi connectivity index (χ1n) is 5.86. The van der Waals surface area contributed by atoms with Crippen molar-refractivity contribution in [3.8, 4) is 0 Å². The van der Waals surface area contributed by atoms with Crippen LogP contribution >= 0.6 is 12.2 Å². The highest BCUT2D eigenvalue weighted by molar-refractivity contribution is 7.80. The lowest BCUT2D eigenvalue weighted by molar-refractivity contribution is 0.627. The van der Waals surface area contributed by atoms with Crippen molar-refractivity contribution in [2.75, 3.05) is 18.5 Å². The molecule has 0 radical (unpaired) electrons. The van der Waals surface area contributed by atoms with Gasteiger partial charge in [0.15, 0.2) is 0 Å². The van der Waals surface area contributed by atoms with Gasteiger partial charge in [0, 0.05) is 24.8 Å². The Labute approximate surface area is 108 Å². The molecule has 1 aromatic carbocycles. The van der Waals surface area contributed by atoms with Gasteiger partial charge in [-0.25, -0.2) is 4.39 Å². The summed E-state index contributed by atoms with van der Waals surface area (Å²) in [4.78, 5) is 2.31. The van der Waals surface area contributed by atoms with Gasteiger partial charge >= 0.3 is 0 Å². The van der Waals surface area contributed by atoms with Gasteiger partial charge in [-0.2, -0.15) is 0 Å². The SMILES string of the molecule is CCCCCN(C)c1ccc(F)cc1C(N)=S. The first-order valence-corrected chi connectivity index (χ1v) is 6.27. The highest BCUT2D eigenvalue weighted by Crippen LogP contribution is 2.21. The number of nitrogens with two attached hydrogens (primary N) is 1. The lowest BCUT2D eigenvalue weighted by Crippen LogP contribution is -2.23. The van der Waals surface area contributed by atoms with Crippen LogP contribution in [-0.4, -0.2) is 18.6 Å². The van der Waals surface area contributed by atoms with Crippen LogP contribution in [0, 0.1) is 5.82 Å². The normalized spacial score (nSPS) is 10.3. The van der Waals surface area contributed by atoms with E-state index in [9.17, 15) is 4.39 Å². The Bertz CT molecular complexity index is 393. The topological polar surface area (TPSA) is 29.3 Å². The van der Waals surface area contributed by atoms with E-state index in [-0.39, 0.29) is 10.8 Å². The minimum Gasteiger partial charge on any atom is -0.389 e. The van der Waals surface area contributed by atoms with E-state index in [0.29, 0.717) is 5.56 Å². The summed E-state index contributed by atoms with van der Waals surface area (Å²) in [5, 5.41) is 0. The Kier molecular flexibility index (Phi) is 5.35. The predicted octanol–water partition coefficient (Wildman–Crippen LogP) is 3.09. The van der Waals surface area contributed by atoms with Crippen LogP contribution in [0.3, 0.4) is 0 Å². The Balaban J connectivity index is 2.84. The number of unbranched alkanes of at least 4 members (excludes halogenated alkanes) is 2. The van der Waals surface area contributed by atoms with E-state index in [1.165, 1.54) is 25.0 Å². The average Bonchev–Trinajstić information content (AvgIpc) is 2.29. The Morgan fingerprint density at radius 1 is 1.41 bits per heavy atom. The molecule has 0 saturated carbocycles. The van der Waals surface area contributed by atoms with Gasteiger partial charge in [-0.1, -0.05) is 32.0 Å². The summed E-state index contributed by atoms with van der Waals surface area (Å²) in [5.74, 6) is -0.307. The molecule has 0 fully saturated rings. The molecule has 0 heterocycles. The van der Waals surface area contributed by atoms with Crippen molar-refractivity contribution in [1.82, 2.24) is 0 Å². The van der Waals surface area contributed by atoms with Crippen LogP contribution in [0.2, 0.25) is 0 Å². The predicted molar refractivity (Wildman–Crippen MR) is 75.1 cm³/mol. The molecular weight excluding hydrogens is 235 g/mol. The Morgan fingerprint density at radius 2 is 2.12 bits per heavy atom. The van der Waals surface area contributed by atoms with Crippen molar-refractivity contribution in [2.45, 2.75) is 26.2 Å². The fourth-order valence-corrected chi connectivity index (χ4v) is 1.92. The number of hydrogen-bond donors (Lipinski definition) is 1.